The van der Waals surface area contributed by atoms with E-state index in [1.165, 1.54) is 0 Å². The molecule has 82 valence electrons. The minimum Gasteiger partial charge on any atom is -0.361 e. The van der Waals surface area contributed by atoms with Crippen molar-refractivity contribution in [3.63, 3.8) is 0 Å². The number of aromatic nitrogens is 1. The number of nitrogens with zero attached hydrogens (tertiary/aromatic N) is 2. The van der Waals surface area contributed by atoms with Crippen molar-refractivity contribution in [1.29, 1.82) is 0 Å². The highest BCUT2D eigenvalue weighted by Gasteiger charge is 1.96. The molecule has 0 saturated carbocycles. The minimum absolute atomic E-state index is 0.642. The fraction of sp³-hybridized carbons (Fsp3) is 0.400. The van der Waals surface area contributed by atoms with Crippen molar-refractivity contribution in [3.05, 3.63) is 24.5 Å². The van der Waals surface area contributed by atoms with Gasteiger partial charge in [0.25, 0.3) is 0 Å². The van der Waals surface area contributed by atoms with Gasteiger partial charge in [0.1, 0.15) is 0 Å². The van der Waals surface area contributed by atoms with Crippen molar-refractivity contribution < 1.29 is 0 Å². The highest BCUT2D eigenvalue weighted by Crippen LogP contribution is 2.02. The third-order valence-electron chi connectivity index (χ3n) is 1.78. The minimum atomic E-state index is 0.642. The van der Waals surface area contributed by atoms with Gasteiger partial charge in [-0.05, 0) is 38.4 Å². The summed E-state index contributed by atoms with van der Waals surface area (Å²) >= 11 is 5.13. The number of thiocarbonyl (C=S) groups is 1. The molecule has 0 radical (unpaired) electrons. The summed E-state index contributed by atoms with van der Waals surface area (Å²) in [6.07, 6.45) is 3.45. The maximum atomic E-state index is 5.13. The quantitative estimate of drug-likeness (QED) is 0.745. The molecule has 0 atom stereocenters. The zero-order valence-corrected chi connectivity index (χ0v) is 9.84. The zero-order chi connectivity index (χ0) is 11.1. The molecule has 1 heterocycles. The normalized spacial score (nSPS) is 10.1. The number of anilines is 1. The number of hydrogen-bond acceptors (Lipinski definition) is 3. The smallest absolute Gasteiger partial charge is 0.170 e. The van der Waals surface area contributed by atoms with Crippen LogP contribution in [0.25, 0.3) is 0 Å². The van der Waals surface area contributed by atoms with Crippen LogP contribution in [0.2, 0.25) is 0 Å². The van der Waals surface area contributed by atoms with Gasteiger partial charge >= 0.3 is 0 Å². The standard InChI is InChI=1S/C10H16N4S/c1-14(2)8-7-12-10(15)13-9-3-5-11-6-4-9/h3-6H,7-8H2,1-2H3,(H2,11,12,13,15). The second-order valence-electron chi connectivity index (χ2n) is 3.42. The second-order valence-corrected chi connectivity index (χ2v) is 3.83. The van der Waals surface area contributed by atoms with E-state index in [0.29, 0.717) is 5.11 Å². The van der Waals surface area contributed by atoms with Gasteiger partial charge in [0, 0.05) is 31.2 Å². The molecule has 0 saturated heterocycles. The third kappa shape index (κ3) is 5.29. The summed E-state index contributed by atoms with van der Waals surface area (Å²) in [6, 6.07) is 3.75. The number of likely N-dealkylation sites (N-methyl/N-ethyl adjacent to an activating group) is 1. The summed E-state index contributed by atoms with van der Waals surface area (Å²) in [5, 5.41) is 6.84. The predicted molar refractivity (Wildman–Crippen MR) is 67.0 cm³/mol. The zero-order valence-electron chi connectivity index (χ0n) is 9.03. The molecule has 0 unspecified atom stereocenters. The topological polar surface area (TPSA) is 40.2 Å². The summed E-state index contributed by atoms with van der Waals surface area (Å²) < 4.78 is 0. The molecule has 1 aromatic rings. The Bertz CT molecular complexity index is 300. The highest BCUT2D eigenvalue weighted by molar-refractivity contribution is 7.80. The lowest BCUT2D eigenvalue weighted by Gasteiger charge is -2.13. The monoisotopic (exact) mass is 224 g/mol. The molecule has 1 aromatic heterocycles. The Morgan fingerprint density at radius 2 is 2.07 bits per heavy atom. The van der Waals surface area contributed by atoms with Crippen LogP contribution < -0.4 is 10.6 Å². The van der Waals surface area contributed by atoms with Gasteiger partial charge in [0.15, 0.2) is 5.11 Å². The first-order valence-corrected chi connectivity index (χ1v) is 5.19. The summed E-state index contributed by atoms with van der Waals surface area (Å²) in [4.78, 5) is 6.03. The van der Waals surface area contributed by atoms with E-state index >= 15 is 0 Å². The fourth-order valence-electron chi connectivity index (χ4n) is 1.00. The SMILES string of the molecule is CN(C)CCNC(=S)Nc1ccncc1. The molecule has 2 N–H and O–H groups in total. The Morgan fingerprint density at radius 1 is 1.40 bits per heavy atom. The predicted octanol–water partition coefficient (Wildman–Crippen LogP) is 0.930. The van der Waals surface area contributed by atoms with Gasteiger partial charge in [0.2, 0.25) is 0 Å². The average molecular weight is 224 g/mol. The van der Waals surface area contributed by atoms with E-state index in [1.54, 1.807) is 12.4 Å². The Hall–Kier alpha value is -1.20. The van der Waals surface area contributed by atoms with E-state index < -0.39 is 0 Å². The van der Waals surface area contributed by atoms with Crippen molar-refractivity contribution in [2.75, 3.05) is 32.5 Å². The van der Waals surface area contributed by atoms with Crippen molar-refractivity contribution in [2.24, 2.45) is 0 Å². The number of hydrogen-bond donors (Lipinski definition) is 2. The van der Waals surface area contributed by atoms with E-state index in [0.717, 1.165) is 18.8 Å². The van der Waals surface area contributed by atoms with Gasteiger partial charge in [-0.3, -0.25) is 4.98 Å². The van der Waals surface area contributed by atoms with Crippen molar-refractivity contribution in [3.8, 4) is 0 Å². The molecule has 15 heavy (non-hydrogen) atoms. The van der Waals surface area contributed by atoms with Gasteiger partial charge in [-0.2, -0.15) is 0 Å². The molecule has 0 aliphatic carbocycles. The van der Waals surface area contributed by atoms with Gasteiger partial charge < -0.3 is 15.5 Å². The van der Waals surface area contributed by atoms with Crippen LogP contribution in [0, 0.1) is 0 Å². The van der Waals surface area contributed by atoms with E-state index in [2.05, 4.69) is 20.5 Å². The van der Waals surface area contributed by atoms with Crippen molar-refractivity contribution >= 4 is 23.0 Å². The maximum absolute atomic E-state index is 5.13. The first kappa shape index (κ1) is 11.9. The molecule has 0 fully saturated rings. The van der Waals surface area contributed by atoms with Crippen LogP contribution in [0.3, 0.4) is 0 Å². The van der Waals surface area contributed by atoms with E-state index in [-0.39, 0.29) is 0 Å². The van der Waals surface area contributed by atoms with Gasteiger partial charge in [0.05, 0.1) is 0 Å². The molecule has 0 aliphatic rings. The fourth-order valence-corrected chi connectivity index (χ4v) is 1.22. The largest absolute Gasteiger partial charge is 0.361 e. The van der Waals surface area contributed by atoms with E-state index in [1.807, 2.05) is 26.2 Å². The Kier molecular flexibility index (Phi) is 5.00. The molecule has 0 amide bonds. The molecule has 1 rings (SSSR count). The van der Waals surface area contributed by atoms with Crippen LogP contribution in [0.15, 0.2) is 24.5 Å². The van der Waals surface area contributed by atoms with Gasteiger partial charge in [-0.15, -0.1) is 0 Å². The Labute approximate surface area is 95.7 Å². The summed E-state index contributed by atoms with van der Waals surface area (Å²) in [5.41, 5.74) is 0.951. The summed E-state index contributed by atoms with van der Waals surface area (Å²) in [5.74, 6) is 0. The lowest BCUT2D eigenvalue weighted by Crippen LogP contribution is -2.34. The van der Waals surface area contributed by atoms with Crippen molar-refractivity contribution in [2.45, 2.75) is 0 Å². The van der Waals surface area contributed by atoms with Gasteiger partial charge in [-0.1, -0.05) is 0 Å². The number of pyridine rings is 1. The van der Waals surface area contributed by atoms with Crippen LogP contribution in [-0.2, 0) is 0 Å². The molecule has 0 bridgehead atoms. The third-order valence-corrected chi connectivity index (χ3v) is 2.03. The van der Waals surface area contributed by atoms with E-state index in [9.17, 15) is 0 Å². The molecule has 4 nitrogen and oxygen atoms in total. The molecule has 0 aliphatic heterocycles. The number of nitrogens with one attached hydrogen (secondary N) is 2. The average Bonchev–Trinajstić information content (AvgIpc) is 2.18. The molecular formula is C10H16N4S. The molecule has 5 heteroatoms. The lowest BCUT2D eigenvalue weighted by atomic mass is 10.4. The summed E-state index contributed by atoms with van der Waals surface area (Å²) in [6.45, 7) is 1.79. The van der Waals surface area contributed by atoms with Crippen LogP contribution in [-0.4, -0.2) is 42.2 Å². The lowest BCUT2D eigenvalue weighted by molar-refractivity contribution is 0.413. The van der Waals surface area contributed by atoms with Crippen LogP contribution >= 0.6 is 12.2 Å². The van der Waals surface area contributed by atoms with E-state index in [4.69, 9.17) is 12.2 Å². The first-order valence-electron chi connectivity index (χ1n) is 4.78. The van der Waals surface area contributed by atoms with Gasteiger partial charge in [-0.25, -0.2) is 0 Å². The van der Waals surface area contributed by atoms with Crippen LogP contribution in [0.4, 0.5) is 5.69 Å². The summed E-state index contributed by atoms with van der Waals surface area (Å²) in [7, 11) is 4.06. The number of rotatable bonds is 4. The van der Waals surface area contributed by atoms with Crippen molar-refractivity contribution in [1.82, 2.24) is 15.2 Å². The molecular weight excluding hydrogens is 208 g/mol. The highest BCUT2D eigenvalue weighted by atomic mass is 32.1. The van der Waals surface area contributed by atoms with Crippen LogP contribution in [0.5, 0.6) is 0 Å². The van der Waals surface area contributed by atoms with Crippen LogP contribution in [0.1, 0.15) is 0 Å². The Balaban J connectivity index is 2.25. The first-order chi connectivity index (χ1) is 7.18. The Morgan fingerprint density at radius 3 is 2.67 bits per heavy atom. The second kappa shape index (κ2) is 6.31. The molecule has 0 aromatic carbocycles. The maximum Gasteiger partial charge on any atom is 0.170 e. The molecule has 0 spiro atoms.